The molecule has 0 fully saturated rings. The Kier molecular flexibility index (Phi) is 6.43. The lowest BCUT2D eigenvalue weighted by Crippen LogP contribution is -2.45. The van der Waals surface area contributed by atoms with Crippen LogP contribution in [0.2, 0.25) is 5.02 Å². The normalized spacial score (nSPS) is 13.2. The highest BCUT2D eigenvalue weighted by Crippen LogP contribution is 2.31. The van der Waals surface area contributed by atoms with E-state index in [-0.39, 0.29) is 34.9 Å². The van der Waals surface area contributed by atoms with Gasteiger partial charge in [-0.25, -0.2) is 22.4 Å². The Labute approximate surface area is 196 Å². The standard InChI is InChI=1S/C23H17ClF4N4O2/c1-31-11-20-21(32(23(31)34)10-15-16(24)3-2-4-17(15)26)5-12(8-29-20)22(33)30-9-14-18(27)6-13(25)7-19(14)28/h2-8H,9-11H2,1H3,(H,30,33). The van der Waals surface area contributed by atoms with E-state index in [9.17, 15) is 27.2 Å². The summed E-state index contributed by atoms with van der Waals surface area (Å²) in [6, 6.07) is 6.11. The van der Waals surface area contributed by atoms with E-state index in [0.29, 0.717) is 17.8 Å². The van der Waals surface area contributed by atoms with E-state index in [1.165, 1.54) is 40.3 Å². The van der Waals surface area contributed by atoms with Crippen LogP contribution in [-0.4, -0.2) is 28.9 Å². The molecule has 1 aliphatic rings. The van der Waals surface area contributed by atoms with E-state index in [2.05, 4.69) is 10.3 Å². The number of nitrogens with zero attached hydrogens (tertiary/aromatic N) is 3. The Hall–Kier alpha value is -3.66. The molecule has 0 spiro atoms. The van der Waals surface area contributed by atoms with Gasteiger partial charge in [0.1, 0.15) is 23.3 Å². The van der Waals surface area contributed by atoms with Crippen molar-refractivity contribution in [3.63, 3.8) is 0 Å². The molecule has 1 aliphatic heterocycles. The molecular weight excluding hydrogens is 476 g/mol. The van der Waals surface area contributed by atoms with Crippen LogP contribution in [0, 0.1) is 23.3 Å². The number of benzene rings is 2. The van der Waals surface area contributed by atoms with Crippen molar-refractivity contribution in [1.29, 1.82) is 0 Å². The second kappa shape index (κ2) is 9.30. The maximum absolute atomic E-state index is 14.4. The Bertz CT molecular complexity index is 1260. The predicted molar refractivity (Wildman–Crippen MR) is 116 cm³/mol. The lowest BCUT2D eigenvalue weighted by Gasteiger charge is -2.34. The van der Waals surface area contributed by atoms with Crippen LogP contribution in [0.25, 0.3) is 0 Å². The van der Waals surface area contributed by atoms with Crippen molar-refractivity contribution >= 4 is 29.2 Å². The van der Waals surface area contributed by atoms with Crippen LogP contribution in [0.5, 0.6) is 0 Å². The molecule has 2 heterocycles. The molecule has 0 saturated heterocycles. The number of pyridine rings is 1. The lowest BCUT2D eigenvalue weighted by molar-refractivity contribution is 0.0949. The van der Waals surface area contributed by atoms with Gasteiger partial charge in [0.25, 0.3) is 5.91 Å². The monoisotopic (exact) mass is 492 g/mol. The van der Waals surface area contributed by atoms with Crippen LogP contribution < -0.4 is 10.2 Å². The van der Waals surface area contributed by atoms with Crippen LogP contribution >= 0.6 is 11.6 Å². The number of fused-ring (bicyclic) bond motifs is 1. The van der Waals surface area contributed by atoms with Gasteiger partial charge in [-0.1, -0.05) is 17.7 Å². The Balaban J connectivity index is 1.62. The predicted octanol–water partition coefficient (Wildman–Crippen LogP) is 4.79. The molecule has 11 heteroatoms. The largest absolute Gasteiger partial charge is 0.348 e. The number of urea groups is 1. The smallest absolute Gasteiger partial charge is 0.324 e. The number of halogens is 5. The number of amides is 3. The van der Waals surface area contributed by atoms with Crippen molar-refractivity contribution in [3.05, 3.63) is 93.3 Å². The fraction of sp³-hybridized carbons (Fsp3) is 0.174. The molecule has 0 saturated carbocycles. The summed E-state index contributed by atoms with van der Waals surface area (Å²) in [5.41, 5.74) is 0.323. The maximum atomic E-state index is 14.4. The van der Waals surface area contributed by atoms with Crippen molar-refractivity contribution in [1.82, 2.24) is 15.2 Å². The zero-order chi connectivity index (χ0) is 24.6. The third-order valence-corrected chi connectivity index (χ3v) is 5.71. The van der Waals surface area contributed by atoms with Crippen molar-refractivity contribution in [2.75, 3.05) is 11.9 Å². The Morgan fingerprint density at radius 2 is 1.79 bits per heavy atom. The van der Waals surface area contributed by atoms with Gasteiger partial charge in [0, 0.05) is 48.1 Å². The molecule has 0 aliphatic carbocycles. The number of aromatic nitrogens is 1. The quantitative estimate of drug-likeness (QED) is 0.521. The molecular formula is C23H17ClF4N4O2. The van der Waals surface area contributed by atoms with E-state index in [0.717, 1.165) is 0 Å². The summed E-state index contributed by atoms with van der Waals surface area (Å²) in [6.45, 7) is -0.589. The van der Waals surface area contributed by atoms with Gasteiger partial charge >= 0.3 is 6.03 Å². The first-order valence-electron chi connectivity index (χ1n) is 10.0. The number of nitrogens with one attached hydrogen (secondary N) is 1. The molecule has 0 atom stereocenters. The zero-order valence-corrected chi connectivity index (χ0v) is 18.5. The minimum Gasteiger partial charge on any atom is -0.348 e. The average Bonchev–Trinajstić information content (AvgIpc) is 2.77. The van der Waals surface area contributed by atoms with Gasteiger partial charge in [-0.05, 0) is 18.2 Å². The van der Waals surface area contributed by atoms with E-state index in [1.54, 1.807) is 7.05 Å². The van der Waals surface area contributed by atoms with Crippen LogP contribution in [0.3, 0.4) is 0 Å². The minimum atomic E-state index is -1.14. The maximum Gasteiger partial charge on any atom is 0.324 e. The molecule has 4 rings (SSSR count). The summed E-state index contributed by atoms with van der Waals surface area (Å²) in [5, 5.41) is 2.48. The van der Waals surface area contributed by atoms with Crippen LogP contribution in [0.1, 0.15) is 27.2 Å². The van der Waals surface area contributed by atoms with Crippen molar-refractivity contribution < 1.29 is 27.2 Å². The SMILES string of the molecule is CN1Cc2ncc(C(=O)NCc3c(F)cc(F)cc3F)cc2N(Cc2c(F)cccc2Cl)C1=O. The minimum absolute atomic E-state index is 0.00339. The van der Waals surface area contributed by atoms with Crippen LogP contribution in [0.4, 0.5) is 28.0 Å². The molecule has 34 heavy (non-hydrogen) atoms. The summed E-state index contributed by atoms with van der Waals surface area (Å²) in [6.07, 6.45) is 1.25. The molecule has 176 valence electrons. The fourth-order valence-corrected chi connectivity index (χ4v) is 3.79. The Morgan fingerprint density at radius 3 is 2.47 bits per heavy atom. The fourth-order valence-electron chi connectivity index (χ4n) is 3.57. The van der Waals surface area contributed by atoms with Crippen LogP contribution in [-0.2, 0) is 19.6 Å². The summed E-state index contributed by atoms with van der Waals surface area (Å²) in [5.74, 6) is -4.67. The topological polar surface area (TPSA) is 65.5 Å². The highest BCUT2D eigenvalue weighted by molar-refractivity contribution is 6.31. The van der Waals surface area contributed by atoms with E-state index < -0.39 is 47.3 Å². The van der Waals surface area contributed by atoms with Gasteiger partial charge < -0.3 is 10.2 Å². The number of carbonyl (C=O) groups is 2. The number of anilines is 1. The third-order valence-electron chi connectivity index (χ3n) is 5.35. The highest BCUT2D eigenvalue weighted by atomic mass is 35.5. The third kappa shape index (κ3) is 4.54. The second-order valence-corrected chi connectivity index (χ2v) is 8.05. The van der Waals surface area contributed by atoms with Gasteiger partial charge in [-0.3, -0.25) is 14.7 Å². The number of hydrogen-bond donors (Lipinski definition) is 1. The number of hydrogen-bond acceptors (Lipinski definition) is 3. The summed E-state index contributed by atoms with van der Waals surface area (Å²) < 4.78 is 55.2. The second-order valence-electron chi connectivity index (χ2n) is 7.65. The van der Waals surface area contributed by atoms with Gasteiger partial charge in [0.05, 0.1) is 30.0 Å². The van der Waals surface area contributed by atoms with Crippen LogP contribution in [0.15, 0.2) is 42.6 Å². The highest BCUT2D eigenvalue weighted by Gasteiger charge is 2.31. The summed E-state index contributed by atoms with van der Waals surface area (Å²) >= 11 is 6.12. The zero-order valence-electron chi connectivity index (χ0n) is 17.7. The van der Waals surface area contributed by atoms with Gasteiger partial charge in [-0.15, -0.1) is 0 Å². The molecule has 0 radical (unpaired) electrons. The number of carbonyl (C=O) groups excluding carboxylic acids is 2. The number of rotatable bonds is 5. The first-order valence-corrected chi connectivity index (χ1v) is 10.4. The lowest BCUT2D eigenvalue weighted by atomic mass is 10.1. The van der Waals surface area contributed by atoms with Gasteiger partial charge in [-0.2, -0.15) is 0 Å². The first kappa shape index (κ1) is 23.5. The van der Waals surface area contributed by atoms with E-state index in [4.69, 9.17) is 11.6 Å². The van der Waals surface area contributed by atoms with E-state index in [1.807, 2.05) is 0 Å². The van der Waals surface area contributed by atoms with Crippen molar-refractivity contribution in [2.45, 2.75) is 19.6 Å². The average molecular weight is 493 g/mol. The molecule has 1 N–H and O–H groups in total. The molecule has 6 nitrogen and oxygen atoms in total. The Morgan fingerprint density at radius 1 is 1.09 bits per heavy atom. The molecule has 1 aromatic heterocycles. The summed E-state index contributed by atoms with van der Waals surface area (Å²) in [4.78, 5) is 32.4. The van der Waals surface area contributed by atoms with Gasteiger partial charge in [0.2, 0.25) is 0 Å². The molecule has 2 aromatic carbocycles. The van der Waals surface area contributed by atoms with Crippen molar-refractivity contribution in [2.24, 2.45) is 0 Å². The molecule has 3 amide bonds. The van der Waals surface area contributed by atoms with E-state index >= 15 is 0 Å². The summed E-state index contributed by atoms with van der Waals surface area (Å²) in [7, 11) is 1.55. The molecule has 0 bridgehead atoms. The van der Waals surface area contributed by atoms with Crippen molar-refractivity contribution in [3.8, 4) is 0 Å². The molecule has 0 unspecified atom stereocenters. The molecule has 3 aromatic rings. The van der Waals surface area contributed by atoms with Gasteiger partial charge in [0.15, 0.2) is 0 Å². The first-order chi connectivity index (χ1) is 16.2.